The van der Waals surface area contributed by atoms with Crippen molar-refractivity contribution >= 4 is 44.3 Å². The topological polar surface area (TPSA) is 80.5 Å². The van der Waals surface area contributed by atoms with Crippen LogP contribution in [-0.4, -0.2) is 20.4 Å². The van der Waals surface area contributed by atoms with Gasteiger partial charge in [-0.05, 0) is 19.1 Å². The van der Waals surface area contributed by atoms with Gasteiger partial charge in [0.25, 0.3) is 15.7 Å². The third kappa shape index (κ3) is 3.02. The highest BCUT2D eigenvalue weighted by atomic mass is 35.5. The molecule has 9 heteroatoms. The quantitative estimate of drug-likeness (QED) is 0.627. The molecule has 0 aliphatic rings. The Bertz CT molecular complexity index is 784. The molecule has 112 valence electrons. The van der Waals surface area contributed by atoms with Gasteiger partial charge in [-0.2, -0.15) is 0 Å². The molecule has 0 amide bonds. The molecule has 0 atom stereocenters. The Labute approximate surface area is 130 Å². The predicted octanol–water partition coefficient (Wildman–Crippen LogP) is 3.44. The molecular formula is C12H11ClN2O4S2. The minimum absolute atomic E-state index is 0.157. The van der Waals surface area contributed by atoms with E-state index in [1.54, 1.807) is 24.3 Å². The van der Waals surface area contributed by atoms with E-state index in [0.717, 1.165) is 15.9 Å². The zero-order valence-electron chi connectivity index (χ0n) is 11.1. The van der Waals surface area contributed by atoms with Gasteiger partial charge in [0.15, 0.2) is 4.34 Å². The Morgan fingerprint density at radius 2 is 1.86 bits per heavy atom. The number of benzene rings is 1. The highest BCUT2D eigenvalue weighted by Gasteiger charge is 2.28. The largest absolute Gasteiger partial charge is 0.300 e. The van der Waals surface area contributed by atoms with Crippen molar-refractivity contribution in [1.29, 1.82) is 0 Å². The molecule has 0 unspecified atom stereocenters. The summed E-state index contributed by atoms with van der Waals surface area (Å²) in [5.74, 6) is 0. The molecule has 0 spiro atoms. The number of rotatable bonds is 4. The molecule has 0 radical (unpaired) electrons. The van der Waals surface area contributed by atoms with Crippen molar-refractivity contribution in [2.45, 2.75) is 11.1 Å². The molecule has 0 aliphatic carbocycles. The van der Waals surface area contributed by atoms with Crippen LogP contribution in [0.1, 0.15) is 5.56 Å². The first-order valence-electron chi connectivity index (χ1n) is 5.73. The van der Waals surface area contributed by atoms with Crippen LogP contribution in [0.5, 0.6) is 0 Å². The second-order valence-electron chi connectivity index (χ2n) is 4.29. The molecule has 0 bridgehead atoms. The standard InChI is InChI=1S/C12H11ClN2O4S2/c1-8-3-5-9(6-4-8)14(2)21(18,19)11-7-10(15(16)17)12(13)20-11/h3-7H,1-2H3. The van der Waals surface area contributed by atoms with Crippen molar-refractivity contribution in [3.05, 3.63) is 50.3 Å². The number of nitro groups is 1. The second-order valence-corrected chi connectivity index (χ2v) is 8.14. The summed E-state index contributed by atoms with van der Waals surface area (Å²) in [6, 6.07) is 7.87. The van der Waals surface area contributed by atoms with E-state index in [-0.39, 0.29) is 8.55 Å². The Hall–Kier alpha value is -1.64. The molecule has 1 aromatic carbocycles. The minimum Gasteiger partial charge on any atom is -0.269 e. The fraction of sp³-hybridized carbons (Fsp3) is 0.167. The fourth-order valence-electron chi connectivity index (χ4n) is 1.62. The first kappa shape index (κ1) is 15.7. The third-order valence-electron chi connectivity index (χ3n) is 2.86. The lowest BCUT2D eigenvalue weighted by Crippen LogP contribution is -2.25. The normalized spacial score (nSPS) is 11.4. The van der Waals surface area contributed by atoms with Gasteiger partial charge in [0.2, 0.25) is 0 Å². The minimum atomic E-state index is -3.88. The summed E-state index contributed by atoms with van der Waals surface area (Å²) < 4.78 is 25.7. The van der Waals surface area contributed by atoms with Crippen LogP contribution in [0, 0.1) is 17.0 Å². The number of anilines is 1. The number of sulfonamides is 1. The van der Waals surface area contributed by atoms with Crippen molar-refractivity contribution in [1.82, 2.24) is 0 Å². The van der Waals surface area contributed by atoms with Crippen LogP contribution in [0.2, 0.25) is 4.34 Å². The fourth-order valence-corrected chi connectivity index (χ4v) is 4.65. The molecule has 1 heterocycles. The smallest absolute Gasteiger partial charge is 0.269 e. The van der Waals surface area contributed by atoms with Gasteiger partial charge < -0.3 is 0 Å². The molecule has 21 heavy (non-hydrogen) atoms. The van der Waals surface area contributed by atoms with Crippen LogP contribution in [0.15, 0.2) is 34.5 Å². The lowest BCUT2D eigenvalue weighted by atomic mass is 10.2. The summed E-state index contributed by atoms with van der Waals surface area (Å²) in [5.41, 5.74) is 1.06. The van der Waals surface area contributed by atoms with Crippen LogP contribution in [0.3, 0.4) is 0 Å². The lowest BCUT2D eigenvalue weighted by molar-refractivity contribution is -0.384. The molecule has 0 aliphatic heterocycles. The molecule has 0 saturated heterocycles. The zero-order chi connectivity index (χ0) is 15.8. The first-order valence-corrected chi connectivity index (χ1v) is 8.36. The van der Waals surface area contributed by atoms with Crippen LogP contribution < -0.4 is 4.31 Å². The molecule has 1 aromatic heterocycles. The predicted molar refractivity (Wildman–Crippen MR) is 82.8 cm³/mol. The summed E-state index contributed by atoms with van der Waals surface area (Å²) in [5, 5.41) is 10.8. The van der Waals surface area contributed by atoms with Crippen molar-refractivity contribution in [3.63, 3.8) is 0 Å². The van der Waals surface area contributed by atoms with Crippen LogP contribution in [0.25, 0.3) is 0 Å². The van der Waals surface area contributed by atoms with E-state index in [1.807, 2.05) is 6.92 Å². The average Bonchev–Trinajstić information content (AvgIpc) is 2.82. The molecule has 2 rings (SSSR count). The number of thiophene rings is 1. The van der Waals surface area contributed by atoms with Gasteiger partial charge in [-0.1, -0.05) is 29.3 Å². The van der Waals surface area contributed by atoms with Crippen LogP contribution >= 0.6 is 22.9 Å². The molecule has 0 saturated carbocycles. The Morgan fingerprint density at radius 1 is 1.29 bits per heavy atom. The van der Waals surface area contributed by atoms with E-state index in [9.17, 15) is 18.5 Å². The zero-order valence-corrected chi connectivity index (χ0v) is 13.5. The Kier molecular flexibility index (Phi) is 4.22. The molecule has 6 nitrogen and oxygen atoms in total. The Balaban J connectivity index is 2.44. The van der Waals surface area contributed by atoms with Crippen molar-refractivity contribution in [2.75, 3.05) is 11.4 Å². The highest BCUT2D eigenvalue weighted by Crippen LogP contribution is 2.38. The second kappa shape index (κ2) is 5.63. The maximum atomic E-state index is 12.5. The number of aryl methyl sites for hydroxylation is 1. The highest BCUT2D eigenvalue weighted by molar-refractivity contribution is 7.94. The molecule has 0 fully saturated rings. The van der Waals surface area contributed by atoms with E-state index in [2.05, 4.69) is 0 Å². The van der Waals surface area contributed by atoms with E-state index < -0.39 is 20.6 Å². The van der Waals surface area contributed by atoms with Gasteiger partial charge >= 0.3 is 0 Å². The van der Waals surface area contributed by atoms with Gasteiger partial charge in [0.1, 0.15) is 4.21 Å². The molecule has 0 N–H and O–H groups in total. The van der Waals surface area contributed by atoms with Gasteiger partial charge in [-0.3, -0.25) is 14.4 Å². The van der Waals surface area contributed by atoms with Crippen molar-refractivity contribution in [2.24, 2.45) is 0 Å². The van der Waals surface area contributed by atoms with E-state index in [1.165, 1.54) is 7.05 Å². The summed E-state index contributed by atoms with van der Waals surface area (Å²) in [4.78, 5) is 10.1. The monoisotopic (exact) mass is 346 g/mol. The third-order valence-corrected chi connectivity index (χ3v) is 6.43. The summed E-state index contributed by atoms with van der Waals surface area (Å²) in [6.07, 6.45) is 0. The van der Waals surface area contributed by atoms with E-state index in [4.69, 9.17) is 11.6 Å². The van der Waals surface area contributed by atoms with Crippen LogP contribution in [0.4, 0.5) is 11.4 Å². The van der Waals surface area contributed by atoms with Gasteiger partial charge in [0, 0.05) is 13.1 Å². The van der Waals surface area contributed by atoms with Crippen molar-refractivity contribution < 1.29 is 13.3 Å². The van der Waals surface area contributed by atoms with E-state index in [0.29, 0.717) is 17.0 Å². The number of hydrogen-bond acceptors (Lipinski definition) is 5. The summed E-state index contributed by atoms with van der Waals surface area (Å²) in [6.45, 7) is 1.89. The van der Waals surface area contributed by atoms with Crippen LogP contribution in [-0.2, 0) is 10.0 Å². The number of halogens is 1. The summed E-state index contributed by atoms with van der Waals surface area (Å²) in [7, 11) is -2.49. The number of nitrogens with zero attached hydrogens (tertiary/aromatic N) is 2. The average molecular weight is 347 g/mol. The van der Waals surface area contributed by atoms with Gasteiger partial charge in [-0.15, -0.1) is 11.3 Å². The Morgan fingerprint density at radius 3 is 2.33 bits per heavy atom. The lowest BCUT2D eigenvalue weighted by Gasteiger charge is -2.18. The summed E-state index contributed by atoms with van der Waals surface area (Å²) >= 11 is 6.38. The maximum Gasteiger partial charge on any atom is 0.300 e. The van der Waals surface area contributed by atoms with Crippen molar-refractivity contribution in [3.8, 4) is 0 Å². The molecule has 2 aromatic rings. The number of hydrogen-bond donors (Lipinski definition) is 0. The molecular weight excluding hydrogens is 336 g/mol. The van der Waals surface area contributed by atoms with Gasteiger partial charge in [0.05, 0.1) is 10.6 Å². The maximum absolute atomic E-state index is 12.5. The van der Waals surface area contributed by atoms with E-state index >= 15 is 0 Å². The SMILES string of the molecule is Cc1ccc(N(C)S(=O)(=O)c2cc([N+](=O)[O-])c(Cl)s2)cc1. The first-order chi connectivity index (χ1) is 9.73. The van der Waals surface area contributed by atoms with Gasteiger partial charge in [-0.25, -0.2) is 8.42 Å².